The van der Waals surface area contributed by atoms with Gasteiger partial charge >= 0.3 is 0 Å². The van der Waals surface area contributed by atoms with E-state index in [1.807, 2.05) is 23.1 Å². The van der Waals surface area contributed by atoms with Crippen molar-refractivity contribution in [1.82, 2.24) is 25.1 Å². The van der Waals surface area contributed by atoms with E-state index < -0.39 is 6.10 Å². The highest BCUT2D eigenvalue weighted by atomic mass is 16.3. The van der Waals surface area contributed by atoms with Crippen molar-refractivity contribution in [1.29, 1.82) is 0 Å². The molecule has 8 heteroatoms. The van der Waals surface area contributed by atoms with Crippen LogP contribution in [0.25, 0.3) is 0 Å². The van der Waals surface area contributed by atoms with Gasteiger partial charge in [-0.15, -0.1) is 5.10 Å². The van der Waals surface area contributed by atoms with Gasteiger partial charge in [0.05, 0.1) is 12.1 Å². The number of likely N-dealkylation sites (tertiary alicyclic amines) is 1. The smallest absolute Gasteiger partial charge is 0.244 e. The predicted octanol–water partition coefficient (Wildman–Crippen LogP) is -0.392. The maximum atomic E-state index is 12.4. The Morgan fingerprint density at radius 3 is 2.79 bits per heavy atom. The van der Waals surface area contributed by atoms with E-state index in [2.05, 4.69) is 21.6 Å². The highest BCUT2D eigenvalue weighted by Crippen LogP contribution is 2.49. The zero-order valence-electron chi connectivity index (χ0n) is 13.2. The van der Waals surface area contributed by atoms with E-state index in [0.29, 0.717) is 25.9 Å². The number of aliphatic hydroxyl groups is 1. The fourth-order valence-corrected chi connectivity index (χ4v) is 4.13. The topological polar surface area (TPSA) is 110 Å². The highest BCUT2D eigenvalue weighted by Gasteiger charge is 2.51. The van der Waals surface area contributed by atoms with E-state index in [0.717, 1.165) is 11.1 Å². The summed E-state index contributed by atoms with van der Waals surface area (Å²) < 4.78 is 1.42. The number of carbonyl (C=O) groups excluding carboxylic acids is 1. The van der Waals surface area contributed by atoms with Gasteiger partial charge in [0, 0.05) is 18.5 Å². The van der Waals surface area contributed by atoms with Gasteiger partial charge < -0.3 is 15.7 Å². The number of hydrogen-bond acceptors (Lipinski definition) is 6. The fraction of sp³-hybridized carbons (Fsp3) is 0.500. The number of rotatable bonds is 2. The first-order valence-corrected chi connectivity index (χ1v) is 8.13. The zero-order valence-corrected chi connectivity index (χ0v) is 13.2. The summed E-state index contributed by atoms with van der Waals surface area (Å²) in [5, 5.41) is 21.6. The summed E-state index contributed by atoms with van der Waals surface area (Å²) in [6, 6.07) is 7.64. The molecular formula is C16H20N6O2. The molecule has 126 valence electrons. The van der Waals surface area contributed by atoms with Crippen LogP contribution in [-0.2, 0) is 16.8 Å². The molecule has 1 amide bonds. The fourth-order valence-electron chi connectivity index (χ4n) is 4.13. The first kappa shape index (κ1) is 15.2. The molecule has 1 saturated heterocycles. The quantitative estimate of drug-likeness (QED) is 0.777. The van der Waals surface area contributed by atoms with E-state index in [4.69, 9.17) is 5.73 Å². The van der Waals surface area contributed by atoms with Crippen molar-refractivity contribution >= 4 is 5.91 Å². The van der Waals surface area contributed by atoms with E-state index in [1.165, 1.54) is 11.0 Å². The van der Waals surface area contributed by atoms with Gasteiger partial charge in [-0.25, -0.2) is 4.68 Å². The molecule has 1 aromatic carbocycles. The van der Waals surface area contributed by atoms with Crippen molar-refractivity contribution in [3.8, 4) is 0 Å². The summed E-state index contributed by atoms with van der Waals surface area (Å²) >= 11 is 0. The molecule has 0 saturated carbocycles. The van der Waals surface area contributed by atoms with Gasteiger partial charge in [0.1, 0.15) is 12.9 Å². The van der Waals surface area contributed by atoms with E-state index in [-0.39, 0.29) is 23.9 Å². The zero-order chi connectivity index (χ0) is 16.7. The minimum Gasteiger partial charge on any atom is -0.390 e. The summed E-state index contributed by atoms with van der Waals surface area (Å²) in [7, 11) is 0. The molecular weight excluding hydrogens is 308 g/mol. The Kier molecular flexibility index (Phi) is 3.58. The van der Waals surface area contributed by atoms with Crippen LogP contribution in [0, 0.1) is 0 Å². The Bertz CT molecular complexity index is 739. The van der Waals surface area contributed by atoms with E-state index in [9.17, 15) is 9.90 Å². The highest BCUT2D eigenvalue weighted by molar-refractivity contribution is 5.76. The average Bonchev–Trinajstić information content (AvgIpc) is 3.19. The number of aromatic nitrogens is 4. The summed E-state index contributed by atoms with van der Waals surface area (Å²) in [6.07, 6.45) is 2.24. The number of benzene rings is 1. The second-order valence-corrected chi connectivity index (χ2v) is 6.60. The van der Waals surface area contributed by atoms with Crippen molar-refractivity contribution in [3.05, 3.63) is 41.7 Å². The standard InChI is InChI=1S/C16H20N6O2/c17-14-11-3-1-2-4-12(11)16(15(14)24)5-7-21(8-6-16)13(23)9-22-10-18-19-20-22/h1-4,10,14-15,24H,5-9,17H2/t14-,15+/m0/s1. The molecule has 2 atom stereocenters. The Morgan fingerprint density at radius 1 is 1.33 bits per heavy atom. The minimum absolute atomic E-state index is 0.0118. The van der Waals surface area contributed by atoms with Crippen LogP contribution in [0.5, 0.6) is 0 Å². The molecule has 1 aliphatic carbocycles. The predicted molar refractivity (Wildman–Crippen MR) is 84.7 cm³/mol. The van der Waals surface area contributed by atoms with Gasteiger partial charge in [-0.1, -0.05) is 24.3 Å². The lowest BCUT2D eigenvalue weighted by atomic mass is 9.72. The van der Waals surface area contributed by atoms with Gasteiger partial charge in [-0.3, -0.25) is 4.79 Å². The van der Waals surface area contributed by atoms with Crippen LogP contribution in [0.3, 0.4) is 0 Å². The second-order valence-electron chi connectivity index (χ2n) is 6.60. The summed E-state index contributed by atoms with van der Waals surface area (Å²) in [4.78, 5) is 14.2. The Morgan fingerprint density at radius 2 is 2.08 bits per heavy atom. The molecule has 24 heavy (non-hydrogen) atoms. The van der Waals surface area contributed by atoms with Crippen molar-refractivity contribution in [2.45, 2.75) is 36.9 Å². The van der Waals surface area contributed by atoms with Crippen molar-refractivity contribution in [2.24, 2.45) is 5.73 Å². The molecule has 1 spiro atoms. The van der Waals surface area contributed by atoms with Gasteiger partial charge in [0.15, 0.2) is 0 Å². The third kappa shape index (κ3) is 2.22. The number of hydrogen-bond donors (Lipinski definition) is 2. The van der Waals surface area contributed by atoms with Crippen LogP contribution in [0.15, 0.2) is 30.6 Å². The molecule has 1 fully saturated rings. The largest absolute Gasteiger partial charge is 0.390 e. The number of amides is 1. The van der Waals surface area contributed by atoms with Gasteiger partial charge in [0.25, 0.3) is 0 Å². The molecule has 0 radical (unpaired) electrons. The van der Waals surface area contributed by atoms with Gasteiger partial charge in [0.2, 0.25) is 5.91 Å². The molecule has 0 unspecified atom stereocenters. The van der Waals surface area contributed by atoms with Crippen molar-refractivity contribution < 1.29 is 9.90 Å². The molecule has 1 aliphatic heterocycles. The minimum atomic E-state index is -0.605. The number of nitrogens with zero attached hydrogens (tertiary/aromatic N) is 5. The van der Waals surface area contributed by atoms with Crippen LogP contribution in [0.2, 0.25) is 0 Å². The lowest BCUT2D eigenvalue weighted by Gasteiger charge is -2.42. The Hall–Kier alpha value is -2.32. The monoisotopic (exact) mass is 328 g/mol. The summed E-state index contributed by atoms with van der Waals surface area (Å²) in [5.41, 5.74) is 8.04. The summed E-state index contributed by atoms with van der Waals surface area (Å²) in [5.74, 6) is -0.0118. The Labute approximate surface area is 139 Å². The first-order chi connectivity index (χ1) is 11.6. The average molecular weight is 328 g/mol. The molecule has 1 aromatic heterocycles. The molecule has 2 aromatic rings. The van der Waals surface area contributed by atoms with Crippen molar-refractivity contribution in [2.75, 3.05) is 13.1 Å². The third-order valence-corrected chi connectivity index (χ3v) is 5.46. The Balaban J connectivity index is 1.51. The van der Waals surface area contributed by atoms with Crippen molar-refractivity contribution in [3.63, 3.8) is 0 Å². The number of fused-ring (bicyclic) bond motifs is 2. The molecule has 2 heterocycles. The summed E-state index contributed by atoms with van der Waals surface area (Å²) in [6.45, 7) is 1.33. The van der Waals surface area contributed by atoms with Gasteiger partial charge in [-0.05, 0) is 34.4 Å². The number of tetrazole rings is 1. The van der Waals surface area contributed by atoms with Crippen LogP contribution < -0.4 is 5.73 Å². The van der Waals surface area contributed by atoms with Crippen LogP contribution >= 0.6 is 0 Å². The normalized spacial score (nSPS) is 25.0. The lowest BCUT2D eigenvalue weighted by Crippen LogP contribution is -2.50. The maximum absolute atomic E-state index is 12.4. The molecule has 0 bridgehead atoms. The van der Waals surface area contributed by atoms with Crippen LogP contribution in [0.4, 0.5) is 0 Å². The number of aliphatic hydroxyl groups excluding tert-OH is 1. The second kappa shape index (κ2) is 5.64. The van der Waals surface area contributed by atoms with Crippen LogP contribution in [-0.4, -0.2) is 55.3 Å². The maximum Gasteiger partial charge on any atom is 0.244 e. The van der Waals surface area contributed by atoms with Crippen LogP contribution in [0.1, 0.15) is 30.0 Å². The lowest BCUT2D eigenvalue weighted by molar-refractivity contribution is -0.134. The molecule has 2 aliphatic rings. The molecule has 8 nitrogen and oxygen atoms in total. The first-order valence-electron chi connectivity index (χ1n) is 8.13. The van der Waals surface area contributed by atoms with Gasteiger partial charge in [-0.2, -0.15) is 0 Å². The third-order valence-electron chi connectivity index (χ3n) is 5.46. The van der Waals surface area contributed by atoms with E-state index in [1.54, 1.807) is 0 Å². The SMILES string of the molecule is N[C@H]1c2ccccc2C2(CCN(C(=O)Cn3cnnn3)CC2)[C@@H]1O. The number of carbonyl (C=O) groups is 1. The number of nitrogens with two attached hydrogens (primary N) is 1. The number of piperidine rings is 1. The van der Waals surface area contributed by atoms with E-state index >= 15 is 0 Å². The molecule has 4 rings (SSSR count). The molecule has 3 N–H and O–H groups in total.